The van der Waals surface area contributed by atoms with E-state index in [2.05, 4.69) is 10.1 Å². The van der Waals surface area contributed by atoms with Crippen molar-refractivity contribution in [2.45, 2.75) is 6.61 Å². The molecule has 2 N–H and O–H groups in total. The number of ether oxygens (including phenoxy) is 1. The van der Waals surface area contributed by atoms with Crippen LogP contribution in [-0.2, 0) is 11.3 Å². The second kappa shape index (κ2) is 4.15. The maximum atomic E-state index is 5.68. The molecule has 6 nitrogen and oxygen atoms in total. The summed E-state index contributed by atoms with van der Waals surface area (Å²) in [5.41, 5.74) is 8.22. The van der Waals surface area contributed by atoms with Crippen LogP contribution < -0.4 is 5.73 Å². The van der Waals surface area contributed by atoms with Gasteiger partial charge in [0.05, 0.1) is 0 Å². The Bertz CT molecular complexity index is 687. The fourth-order valence-corrected chi connectivity index (χ4v) is 1.68. The summed E-state index contributed by atoms with van der Waals surface area (Å²) >= 11 is 0. The lowest BCUT2D eigenvalue weighted by Crippen LogP contribution is -1.82. The third-order valence-corrected chi connectivity index (χ3v) is 2.48. The van der Waals surface area contributed by atoms with Crippen LogP contribution in [0.4, 0.5) is 5.69 Å². The molecule has 0 aliphatic carbocycles. The van der Waals surface area contributed by atoms with Crippen molar-refractivity contribution in [1.29, 1.82) is 0 Å². The van der Waals surface area contributed by atoms with E-state index in [4.69, 9.17) is 19.4 Å². The molecule has 92 valence electrons. The number of methoxy groups -OCH3 is 1. The average Bonchev–Trinajstić information content (AvgIpc) is 2.94. The number of oxazole rings is 1. The number of nitrogen functional groups attached to an aromatic ring is 1. The van der Waals surface area contributed by atoms with Crippen LogP contribution in [0.3, 0.4) is 0 Å². The molecule has 0 saturated heterocycles. The van der Waals surface area contributed by atoms with E-state index in [1.165, 1.54) is 0 Å². The first-order chi connectivity index (χ1) is 8.76. The molecule has 0 atom stereocenters. The molecule has 0 unspecified atom stereocenters. The van der Waals surface area contributed by atoms with E-state index in [0.717, 1.165) is 0 Å². The largest absolute Gasteiger partial charge is 0.435 e. The fourth-order valence-electron chi connectivity index (χ4n) is 1.68. The predicted molar refractivity (Wildman–Crippen MR) is 64.6 cm³/mol. The Hall–Kier alpha value is -2.34. The zero-order chi connectivity index (χ0) is 12.5. The number of nitrogens with zero attached hydrogens (tertiary/aromatic N) is 2. The van der Waals surface area contributed by atoms with Gasteiger partial charge in [0.25, 0.3) is 0 Å². The van der Waals surface area contributed by atoms with Crippen molar-refractivity contribution in [2.24, 2.45) is 0 Å². The van der Waals surface area contributed by atoms with Gasteiger partial charge in [-0.1, -0.05) is 5.16 Å². The van der Waals surface area contributed by atoms with Gasteiger partial charge in [-0.05, 0) is 18.2 Å². The molecule has 3 aromatic rings. The van der Waals surface area contributed by atoms with Gasteiger partial charge in [0.15, 0.2) is 17.0 Å². The topological polar surface area (TPSA) is 87.3 Å². The molecule has 0 amide bonds. The van der Waals surface area contributed by atoms with E-state index in [-0.39, 0.29) is 0 Å². The minimum Gasteiger partial charge on any atom is -0.435 e. The summed E-state index contributed by atoms with van der Waals surface area (Å²) in [6.07, 6.45) is 0. The smallest absolute Gasteiger partial charge is 0.249 e. The normalized spacial score (nSPS) is 11.2. The van der Waals surface area contributed by atoms with Crippen LogP contribution >= 0.6 is 0 Å². The summed E-state index contributed by atoms with van der Waals surface area (Å²) in [5, 5.41) is 3.88. The molecule has 1 aromatic carbocycles. The van der Waals surface area contributed by atoms with Crippen LogP contribution in [-0.4, -0.2) is 17.3 Å². The van der Waals surface area contributed by atoms with Crippen molar-refractivity contribution in [1.82, 2.24) is 10.1 Å². The molecule has 0 spiro atoms. The highest BCUT2D eigenvalue weighted by molar-refractivity contribution is 5.78. The molecule has 0 fully saturated rings. The predicted octanol–water partition coefficient (Wildman–Crippen LogP) is 2.21. The molecule has 0 aliphatic rings. The fraction of sp³-hybridized carbons (Fsp3) is 0.167. The third-order valence-electron chi connectivity index (χ3n) is 2.48. The second-order valence-corrected chi connectivity index (χ2v) is 3.86. The summed E-state index contributed by atoms with van der Waals surface area (Å²) < 4.78 is 15.6. The quantitative estimate of drug-likeness (QED) is 0.712. The van der Waals surface area contributed by atoms with E-state index >= 15 is 0 Å². The van der Waals surface area contributed by atoms with Crippen molar-refractivity contribution in [2.75, 3.05) is 12.8 Å². The highest BCUT2D eigenvalue weighted by atomic mass is 16.5. The Balaban J connectivity index is 2.02. The molecular formula is C12H11N3O3. The Morgan fingerprint density at radius 2 is 2.22 bits per heavy atom. The number of rotatable bonds is 3. The molecule has 18 heavy (non-hydrogen) atoms. The average molecular weight is 245 g/mol. The van der Waals surface area contributed by atoms with Crippen molar-refractivity contribution in [3.8, 4) is 11.6 Å². The number of benzene rings is 1. The minimum absolute atomic E-state index is 0.361. The van der Waals surface area contributed by atoms with Crippen LogP contribution in [0.5, 0.6) is 0 Å². The van der Waals surface area contributed by atoms with Crippen LogP contribution in [0.15, 0.2) is 33.2 Å². The van der Waals surface area contributed by atoms with Crippen LogP contribution in [0, 0.1) is 0 Å². The summed E-state index contributed by atoms with van der Waals surface area (Å²) in [7, 11) is 1.59. The third kappa shape index (κ3) is 1.82. The van der Waals surface area contributed by atoms with Gasteiger partial charge < -0.3 is 19.4 Å². The van der Waals surface area contributed by atoms with Crippen LogP contribution in [0.2, 0.25) is 0 Å². The first-order valence-electron chi connectivity index (χ1n) is 5.37. The van der Waals surface area contributed by atoms with Gasteiger partial charge in [-0.15, -0.1) is 0 Å². The highest BCUT2D eigenvalue weighted by Gasteiger charge is 2.13. The van der Waals surface area contributed by atoms with Gasteiger partial charge in [0.1, 0.15) is 12.1 Å². The molecule has 0 saturated carbocycles. The maximum Gasteiger partial charge on any atom is 0.249 e. The minimum atomic E-state index is 0.361. The van der Waals surface area contributed by atoms with E-state index in [9.17, 15) is 0 Å². The molecule has 2 heterocycles. The molecule has 3 rings (SSSR count). The zero-order valence-electron chi connectivity index (χ0n) is 9.71. The Morgan fingerprint density at radius 3 is 3.06 bits per heavy atom. The summed E-state index contributed by atoms with van der Waals surface area (Å²) in [6.45, 7) is 0.361. The maximum absolute atomic E-state index is 5.68. The lowest BCUT2D eigenvalue weighted by molar-refractivity contribution is 0.156. The van der Waals surface area contributed by atoms with Crippen LogP contribution in [0.25, 0.3) is 22.7 Å². The molecule has 0 aliphatic heterocycles. The van der Waals surface area contributed by atoms with Gasteiger partial charge >= 0.3 is 0 Å². The number of aromatic nitrogens is 2. The van der Waals surface area contributed by atoms with Gasteiger partial charge in [0, 0.05) is 18.9 Å². The lowest BCUT2D eigenvalue weighted by atomic mass is 10.3. The molecule has 6 heteroatoms. The first-order valence-corrected chi connectivity index (χ1v) is 5.37. The Morgan fingerprint density at radius 1 is 1.33 bits per heavy atom. The van der Waals surface area contributed by atoms with Crippen molar-refractivity contribution >= 4 is 16.8 Å². The highest BCUT2D eigenvalue weighted by Crippen LogP contribution is 2.25. The Kier molecular flexibility index (Phi) is 2.49. The molecular weight excluding hydrogens is 234 g/mol. The summed E-state index contributed by atoms with van der Waals surface area (Å²) in [6, 6.07) is 7.02. The van der Waals surface area contributed by atoms with Crippen molar-refractivity contribution in [3.63, 3.8) is 0 Å². The number of hydrogen-bond donors (Lipinski definition) is 1. The number of nitrogens with two attached hydrogens (primary N) is 1. The van der Waals surface area contributed by atoms with E-state index in [1.54, 1.807) is 31.4 Å². The second-order valence-electron chi connectivity index (χ2n) is 3.86. The lowest BCUT2D eigenvalue weighted by Gasteiger charge is -1.88. The monoisotopic (exact) mass is 245 g/mol. The van der Waals surface area contributed by atoms with Gasteiger partial charge in [-0.2, -0.15) is 0 Å². The summed E-state index contributed by atoms with van der Waals surface area (Å²) in [4.78, 5) is 4.31. The molecule has 0 bridgehead atoms. The van der Waals surface area contributed by atoms with Gasteiger partial charge in [0.2, 0.25) is 5.89 Å². The zero-order valence-corrected chi connectivity index (χ0v) is 9.71. The van der Waals surface area contributed by atoms with Crippen molar-refractivity contribution < 1.29 is 13.7 Å². The summed E-state index contributed by atoms with van der Waals surface area (Å²) in [5.74, 6) is 1.02. The van der Waals surface area contributed by atoms with Gasteiger partial charge in [-0.25, -0.2) is 4.98 Å². The Labute approximate surface area is 102 Å². The van der Waals surface area contributed by atoms with E-state index in [0.29, 0.717) is 40.7 Å². The molecule has 0 radical (unpaired) electrons. The number of fused-ring (bicyclic) bond motifs is 1. The van der Waals surface area contributed by atoms with Crippen LogP contribution in [0.1, 0.15) is 5.76 Å². The SMILES string of the molecule is COCc1cc(-c2nc3cc(N)ccc3o2)no1. The van der Waals surface area contributed by atoms with Crippen molar-refractivity contribution in [3.05, 3.63) is 30.0 Å². The first kappa shape index (κ1) is 10.8. The molecule has 2 aromatic heterocycles. The van der Waals surface area contributed by atoms with Gasteiger partial charge in [-0.3, -0.25) is 0 Å². The standard InChI is InChI=1S/C12H11N3O3/c1-16-6-8-5-10(15-18-8)12-14-9-4-7(13)2-3-11(9)17-12/h2-5H,6,13H2,1H3. The van der Waals surface area contributed by atoms with E-state index in [1.807, 2.05) is 0 Å². The number of hydrogen-bond acceptors (Lipinski definition) is 6. The number of anilines is 1. The van der Waals surface area contributed by atoms with E-state index < -0.39 is 0 Å².